The third-order valence-electron chi connectivity index (χ3n) is 2.91. The van der Waals surface area contributed by atoms with Crippen molar-refractivity contribution in [2.24, 2.45) is 5.73 Å². The number of benzene rings is 2. The Morgan fingerprint density at radius 3 is 2.25 bits per heavy atom. The molecule has 0 radical (unpaired) electrons. The molecule has 0 fully saturated rings. The summed E-state index contributed by atoms with van der Waals surface area (Å²) in [6.07, 6.45) is 0. The summed E-state index contributed by atoms with van der Waals surface area (Å²) in [4.78, 5) is 11.2. The molecule has 2 aromatic rings. The van der Waals surface area contributed by atoms with Gasteiger partial charge in [0.15, 0.2) is 0 Å². The maximum Gasteiger partial charge on any atom is 0.248 e. The van der Waals surface area contributed by atoms with Gasteiger partial charge in [-0.25, -0.2) is 0 Å². The molecule has 4 N–H and O–H groups in total. The van der Waals surface area contributed by atoms with Gasteiger partial charge in [-0.05, 0) is 55.3 Å². The molecular formula is C15H15ClN2O2. The smallest absolute Gasteiger partial charge is 0.248 e. The van der Waals surface area contributed by atoms with Gasteiger partial charge in [0, 0.05) is 11.3 Å². The number of carbonyl (C=O) groups is 1. The first-order valence-corrected chi connectivity index (χ1v) is 6.40. The zero-order valence-electron chi connectivity index (χ0n) is 11.2. The van der Waals surface area contributed by atoms with Crippen molar-refractivity contribution in [2.75, 3.05) is 5.73 Å². The summed E-state index contributed by atoms with van der Waals surface area (Å²) in [5.74, 6) is 0.703. The van der Waals surface area contributed by atoms with Crippen LogP contribution in [0.3, 0.4) is 0 Å². The molecule has 0 aliphatic carbocycles. The SMILES string of the molecule is Cc1cc(C(N)=O)cc(C)c1Oc1ccc(N)cc1Cl. The average molecular weight is 291 g/mol. The van der Waals surface area contributed by atoms with Gasteiger partial charge in [-0.2, -0.15) is 0 Å². The van der Waals surface area contributed by atoms with E-state index in [-0.39, 0.29) is 0 Å². The largest absolute Gasteiger partial charge is 0.455 e. The van der Waals surface area contributed by atoms with Crippen LogP contribution in [-0.4, -0.2) is 5.91 Å². The molecule has 0 aliphatic rings. The second-order valence-corrected chi connectivity index (χ2v) is 5.00. The van der Waals surface area contributed by atoms with Gasteiger partial charge < -0.3 is 16.2 Å². The highest BCUT2D eigenvalue weighted by Gasteiger charge is 2.12. The van der Waals surface area contributed by atoms with E-state index < -0.39 is 5.91 Å². The van der Waals surface area contributed by atoms with Gasteiger partial charge in [-0.3, -0.25) is 4.79 Å². The van der Waals surface area contributed by atoms with E-state index >= 15 is 0 Å². The summed E-state index contributed by atoms with van der Waals surface area (Å²) in [6, 6.07) is 8.42. The van der Waals surface area contributed by atoms with E-state index in [0.29, 0.717) is 27.8 Å². The maximum atomic E-state index is 11.2. The number of hydrogen-bond acceptors (Lipinski definition) is 3. The zero-order chi connectivity index (χ0) is 14.9. The minimum atomic E-state index is -0.465. The molecule has 4 nitrogen and oxygen atoms in total. The molecule has 104 valence electrons. The van der Waals surface area contributed by atoms with Crippen LogP contribution in [0.1, 0.15) is 21.5 Å². The molecule has 0 unspecified atom stereocenters. The van der Waals surface area contributed by atoms with Crippen LogP contribution in [-0.2, 0) is 0 Å². The number of halogens is 1. The number of aryl methyl sites for hydroxylation is 2. The highest BCUT2D eigenvalue weighted by molar-refractivity contribution is 6.32. The minimum Gasteiger partial charge on any atom is -0.455 e. The van der Waals surface area contributed by atoms with E-state index in [1.54, 1.807) is 30.3 Å². The molecule has 2 rings (SSSR count). The van der Waals surface area contributed by atoms with Crippen molar-refractivity contribution < 1.29 is 9.53 Å². The van der Waals surface area contributed by atoms with E-state index in [1.807, 2.05) is 13.8 Å². The monoisotopic (exact) mass is 290 g/mol. The zero-order valence-corrected chi connectivity index (χ0v) is 12.0. The third kappa shape index (κ3) is 2.86. The second-order valence-electron chi connectivity index (χ2n) is 4.60. The van der Waals surface area contributed by atoms with Crippen molar-refractivity contribution in [1.29, 1.82) is 0 Å². The molecule has 0 spiro atoms. The van der Waals surface area contributed by atoms with E-state index in [4.69, 9.17) is 27.8 Å². The second kappa shape index (κ2) is 5.43. The Morgan fingerprint density at radius 2 is 1.75 bits per heavy atom. The molecule has 2 aromatic carbocycles. The minimum absolute atomic E-state index is 0.433. The number of amides is 1. The quantitative estimate of drug-likeness (QED) is 0.850. The number of hydrogen-bond donors (Lipinski definition) is 2. The van der Waals surface area contributed by atoms with E-state index in [2.05, 4.69) is 0 Å². The number of carbonyl (C=O) groups excluding carboxylic acids is 1. The summed E-state index contributed by atoms with van der Waals surface area (Å²) < 4.78 is 5.82. The molecule has 0 atom stereocenters. The van der Waals surface area contributed by atoms with Crippen LogP contribution in [0.4, 0.5) is 5.69 Å². The summed E-state index contributed by atoms with van der Waals surface area (Å²) >= 11 is 6.09. The fraction of sp³-hybridized carbons (Fsp3) is 0.133. The lowest BCUT2D eigenvalue weighted by atomic mass is 10.1. The normalized spacial score (nSPS) is 10.3. The van der Waals surface area contributed by atoms with E-state index in [1.165, 1.54) is 0 Å². The highest BCUT2D eigenvalue weighted by atomic mass is 35.5. The van der Waals surface area contributed by atoms with Crippen LogP contribution in [0.2, 0.25) is 5.02 Å². The fourth-order valence-electron chi connectivity index (χ4n) is 1.96. The molecule has 0 heterocycles. The Labute approximate surface area is 122 Å². The summed E-state index contributed by atoms with van der Waals surface area (Å²) in [6.45, 7) is 3.69. The van der Waals surface area contributed by atoms with Crippen LogP contribution in [0.15, 0.2) is 30.3 Å². The van der Waals surface area contributed by atoms with Gasteiger partial charge in [0.1, 0.15) is 11.5 Å². The Kier molecular flexibility index (Phi) is 3.86. The first kappa shape index (κ1) is 14.2. The Balaban J connectivity index is 2.41. The number of anilines is 1. The van der Waals surface area contributed by atoms with Crippen molar-refractivity contribution in [3.05, 3.63) is 52.0 Å². The third-order valence-corrected chi connectivity index (χ3v) is 3.21. The van der Waals surface area contributed by atoms with Crippen LogP contribution < -0.4 is 16.2 Å². The van der Waals surface area contributed by atoms with Crippen LogP contribution in [0.5, 0.6) is 11.5 Å². The Hall–Kier alpha value is -2.20. The topological polar surface area (TPSA) is 78.3 Å². The predicted octanol–water partition coefficient (Wildman–Crippen LogP) is 3.43. The summed E-state index contributed by atoms with van der Waals surface area (Å²) in [5.41, 5.74) is 13.6. The summed E-state index contributed by atoms with van der Waals surface area (Å²) in [5, 5.41) is 0.433. The molecule has 20 heavy (non-hydrogen) atoms. The molecular weight excluding hydrogens is 276 g/mol. The number of primary amides is 1. The molecule has 5 heteroatoms. The molecule has 0 aliphatic heterocycles. The van der Waals surface area contributed by atoms with E-state index in [0.717, 1.165) is 11.1 Å². The molecule has 0 bridgehead atoms. The number of ether oxygens (including phenoxy) is 1. The van der Waals surface area contributed by atoms with Gasteiger partial charge in [-0.15, -0.1) is 0 Å². The molecule has 0 saturated heterocycles. The Bertz CT molecular complexity index is 661. The van der Waals surface area contributed by atoms with Crippen LogP contribution in [0, 0.1) is 13.8 Å². The van der Waals surface area contributed by atoms with Crippen molar-refractivity contribution in [3.63, 3.8) is 0 Å². The van der Waals surface area contributed by atoms with Crippen molar-refractivity contribution in [3.8, 4) is 11.5 Å². The maximum absolute atomic E-state index is 11.2. The van der Waals surface area contributed by atoms with Gasteiger partial charge in [0.05, 0.1) is 5.02 Å². The number of rotatable bonds is 3. The van der Waals surface area contributed by atoms with Gasteiger partial charge >= 0.3 is 0 Å². The number of nitrogen functional groups attached to an aromatic ring is 1. The standard InChI is InChI=1S/C15H15ClN2O2/c1-8-5-10(15(18)19)6-9(2)14(8)20-13-4-3-11(17)7-12(13)16/h3-7H,17H2,1-2H3,(H2,18,19). The van der Waals surface area contributed by atoms with E-state index in [9.17, 15) is 4.79 Å². The lowest BCUT2D eigenvalue weighted by Crippen LogP contribution is -2.11. The van der Waals surface area contributed by atoms with Gasteiger partial charge in [-0.1, -0.05) is 11.6 Å². The van der Waals surface area contributed by atoms with Crippen molar-refractivity contribution in [2.45, 2.75) is 13.8 Å². The van der Waals surface area contributed by atoms with Gasteiger partial charge in [0.25, 0.3) is 0 Å². The van der Waals surface area contributed by atoms with Gasteiger partial charge in [0.2, 0.25) is 5.91 Å². The molecule has 0 aromatic heterocycles. The summed E-state index contributed by atoms with van der Waals surface area (Å²) in [7, 11) is 0. The first-order valence-electron chi connectivity index (χ1n) is 6.02. The first-order chi connectivity index (χ1) is 9.38. The number of nitrogens with two attached hydrogens (primary N) is 2. The lowest BCUT2D eigenvalue weighted by molar-refractivity contribution is 0.1000. The average Bonchev–Trinajstić information content (AvgIpc) is 2.35. The highest BCUT2D eigenvalue weighted by Crippen LogP contribution is 2.34. The van der Waals surface area contributed by atoms with Crippen molar-refractivity contribution >= 4 is 23.2 Å². The van der Waals surface area contributed by atoms with Crippen LogP contribution in [0.25, 0.3) is 0 Å². The Morgan fingerprint density at radius 1 is 1.15 bits per heavy atom. The predicted molar refractivity (Wildman–Crippen MR) is 80.4 cm³/mol. The van der Waals surface area contributed by atoms with Crippen LogP contribution >= 0.6 is 11.6 Å². The lowest BCUT2D eigenvalue weighted by Gasteiger charge is -2.14. The molecule has 0 saturated carbocycles. The molecule has 1 amide bonds. The van der Waals surface area contributed by atoms with Crippen molar-refractivity contribution in [1.82, 2.24) is 0 Å². The fourth-order valence-corrected chi connectivity index (χ4v) is 2.19.